The van der Waals surface area contributed by atoms with E-state index in [4.69, 9.17) is 4.98 Å². The molecule has 0 radical (unpaired) electrons. The third-order valence-electron chi connectivity index (χ3n) is 7.19. The number of benzene rings is 1. The lowest BCUT2D eigenvalue weighted by Gasteiger charge is -2.15. The van der Waals surface area contributed by atoms with E-state index in [1.165, 1.54) is 25.8 Å². The Labute approximate surface area is 216 Å². The summed E-state index contributed by atoms with van der Waals surface area (Å²) in [5.41, 5.74) is 5.51. The first-order valence-corrected chi connectivity index (χ1v) is 12.8. The topological polar surface area (TPSA) is 96.0 Å². The molecule has 0 atom stereocenters. The third-order valence-corrected chi connectivity index (χ3v) is 7.19. The van der Waals surface area contributed by atoms with E-state index in [9.17, 15) is 14.0 Å². The van der Waals surface area contributed by atoms with Crippen molar-refractivity contribution in [3.8, 4) is 22.4 Å². The molecule has 2 fully saturated rings. The summed E-state index contributed by atoms with van der Waals surface area (Å²) in [7, 11) is 0. The molecule has 2 aliphatic carbocycles. The van der Waals surface area contributed by atoms with Crippen LogP contribution in [0, 0.1) is 18.2 Å². The molecule has 2 saturated carbocycles. The summed E-state index contributed by atoms with van der Waals surface area (Å²) in [6.07, 6.45) is 7.10. The number of carbonyl (C=O) groups excluding carboxylic acids is 2. The Morgan fingerprint density at radius 3 is 2.57 bits per heavy atom. The number of hydrogen-bond donors (Lipinski definition) is 3. The molecule has 0 saturated heterocycles. The molecule has 0 unspecified atom stereocenters. The molecule has 3 amide bonds. The van der Waals surface area contributed by atoms with E-state index in [0.29, 0.717) is 23.7 Å². The minimum atomic E-state index is -0.476. The smallest absolute Gasteiger partial charge is 0.319 e. The second kappa shape index (κ2) is 9.92. The van der Waals surface area contributed by atoms with Crippen LogP contribution in [0.4, 0.5) is 20.7 Å². The number of hydrogen-bond acceptors (Lipinski definition) is 4. The number of nitrogens with one attached hydrogen (secondary N) is 3. The lowest BCUT2D eigenvalue weighted by molar-refractivity contribution is -0.114. The molecule has 3 N–H and O–H groups in total. The molecule has 192 valence electrons. The predicted molar refractivity (Wildman–Crippen MR) is 143 cm³/mol. The van der Waals surface area contributed by atoms with Crippen LogP contribution in [0.1, 0.15) is 63.1 Å². The van der Waals surface area contributed by atoms with E-state index in [1.54, 1.807) is 18.3 Å². The number of nitrogens with zero attached hydrogens (tertiary/aromatic N) is 2. The molecule has 0 spiro atoms. The normalized spacial score (nSPS) is 15.7. The van der Waals surface area contributed by atoms with Crippen LogP contribution in [0.5, 0.6) is 0 Å². The Balaban J connectivity index is 1.44. The van der Waals surface area contributed by atoms with Crippen LogP contribution in [0.25, 0.3) is 22.4 Å². The Morgan fingerprint density at radius 2 is 1.86 bits per heavy atom. The van der Waals surface area contributed by atoms with Gasteiger partial charge in [-0.3, -0.25) is 9.78 Å². The molecule has 0 bridgehead atoms. The van der Waals surface area contributed by atoms with E-state index in [2.05, 4.69) is 33.9 Å². The summed E-state index contributed by atoms with van der Waals surface area (Å²) in [5, 5.41) is 8.25. The number of anilines is 2. The minimum absolute atomic E-state index is 0.138. The molecule has 0 aliphatic heterocycles. The molecule has 7 nitrogen and oxygen atoms in total. The molecule has 3 aromatic rings. The van der Waals surface area contributed by atoms with Gasteiger partial charge in [-0.2, -0.15) is 0 Å². The highest BCUT2D eigenvalue weighted by Gasteiger charge is 2.36. The summed E-state index contributed by atoms with van der Waals surface area (Å²) < 4.78 is 14.8. The van der Waals surface area contributed by atoms with Gasteiger partial charge in [0.1, 0.15) is 11.6 Å². The number of amides is 3. The van der Waals surface area contributed by atoms with Gasteiger partial charge in [0.2, 0.25) is 5.91 Å². The zero-order valence-corrected chi connectivity index (χ0v) is 21.5. The molecule has 2 aromatic heterocycles. The molecule has 37 heavy (non-hydrogen) atoms. The Hall–Kier alpha value is -3.81. The Morgan fingerprint density at radius 1 is 1.08 bits per heavy atom. The maximum atomic E-state index is 14.8. The Kier molecular flexibility index (Phi) is 6.67. The molecule has 2 heterocycles. The van der Waals surface area contributed by atoms with Gasteiger partial charge in [-0.05, 0) is 97.5 Å². The highest BCUT2D eigenvalue weighted by molar-refractivity contribution is 5.91. The van der Waals surface area contributed by atoms with Crippen LogP contribution >= 0.6 is 0 Å². The van der Waals surface area contributed by atoms with Crippen LogP contribution < -0.4 is 16.0 Å². The van der Waals surface area contributed by atoms with E-state index in [1.807, 2.05) is 19.1 Å². The number of aromatic nitrogens is 2. The maximum absolute atomic E-state index is 14.8. The molecule has 8 heteroatoms. The highest BCUT2D eigenvalue weighted by atomic mass is 19.1. The van der Waals surface area contributed by atoms with Gasteiger partial charge in [-0.1, -0.05) is 6.92 Å². The standard InChI is InChI=1S/C29H32FN5O2/c1-17-12-23(30)26(35-28(37)32-11-9-29(3)7-8-29)16-22(17)21-13-24(19-4-5-19)34-25(14-21)20-6-10-31-27(15-20)33-18(2)36/h6,10,12-16,19H,4-5,7-9,11H2,1-3H3,(H,31,33,36)(H2,32,35,37). The quantitative estimate of drug-likeness (QED) is 0.332. The SMILES string of the molecule is CC(=O)Nc1cc(-c2cc(-c3cc(NC(=O)NCCC4(C)CC4)c(F)cc3C)cc(C3CC3)n2)ccn1. The highest BCUT2D eigenvalue weighted by Crippen LogP contribution is 2.47. The van der Waals surface area contributed by atoms with Crippen molar-refractivity contribution in [3.63, 3.8) is 0 Å². The van der Waals surface area contributed by atoms with Crippen molar-refractivity contribution < 1.29 is 14.0 Å². The predicted octanol–water partition coefficient (Wildman–Crippen LogP) is 6.41. The average molecular weight is 502 g/mol. The van der Waals surface area contributed by atoms with E-state index >= 15 is 0 Å². The van der Waals surface area contributed by atoms with Gasteiger partial charge in [0, 0.05) is 36.8 Å². The van der Waals surface area contributed by atoms with Crippen molar-refractivity contribution >= 4 is 23.4 Å². The number of urea groups is 1. The Bertz CT molecular complexity index is 1360. The van der Waals surface area contributed by atoms with Gasteiger partial charge >= 0.3 is 6.03 Å². The fourth-order valence-electron chi connectivity index (χ4n) is 4.47. The minimum Gasteiger partial charge on any atom is -0.338 e. The number of halogens is 1. The number of rotatable bonds is 8. The summed E-state index contributed by atoms with van der Waals surface area (Å²) >= 11 is 0. The number of carbonyl (C=O) groups is 2. The summed E-state index contributed by atoms with van der Waals surface area (Å²) in [4.78, 5) is 33.1. The largest absolute Gasteiger partial charge is 0.338 e. The van der Waals surface area contributed by atoms with Gasteiger partial charge in [0.15, 0.2) is 0 Å². The van der Waals surface area contributed by atoms with Gasteiger partial charge in [-0.15, -0.1) is 0 Å². The first-order valence-electron chi connectivity index (χ1n) is 12.8. The monoisotopic (exact) mass is 501 g/mol. The van der Waals surface area contributed by atoms with Gasteiger partial charge in [0.05, 0.1) is 11.4 Å². The lowest BCUT2D eigenvalue weighted by Crippen LogP contribution is -2.30. The van der Waals surface area contributed by atoms with Crippen LogP contribution in [0.3, 0.4) is 0 Å². The molecule has 2 aliphatic rings. The van der Waals surface area contributed by atoms with Crippen molar-refractivity contribution in [3.05, 3.63) is 59.7 Å². The first kappa shape index (κ1) is 24.9. The first-order chi connectivity index (χ1) is 17.7. The maximum Gasteiger partial charge on any atom is 0.319 e. The van der Waals surface area contributed by atoms with E-state index in [0.717, 1.165) is 52.9 Å². The van der Waals surface area contributed by atoms with Crippen LogP contribution in [-0.4, -0.2) is 28.5 Å². The van der Waals surface area contributed by atoms with Crippen LogP contribution in [0.15, 0.2) is 42.6 Å². The van der Waals surface area contributed by atoms with E-state index in [-0.39, 0.29) is 11.6 Å². The van der Waals surface area contributed by atoms with Crippen LogP contribution in [0.2, 0.25) is 0 Å². The number of aryl methyl sites for hydroxylation is 1. The lowest BCUT2D eigenvalue weighted by atomic mass is 9.97. The van der Waals surface area contributed by atoms with Gasteiger partial charge < -0.3 is 16.0 Å². The summed E-state index contributed by atoms with van der Waals surface area (Å²) in [5.74, 6) is 0.179. The molecule has 1 aromatic carbocycles. The zero-order valence-electron chi connectivity index (χ0n) is 21.5. The second-order valence-electron chi connectivity index (χ2n) is 10.6. The second-order valence-corrected chi connectivity index (χ2v) is 10.6. The van der Waals surface area contributed by atoms with Crippen molar-refractivity contribution in [2.24, 2.45) is 5.41 Å². The fraction of sp³-hybridized carbons (Fsp3) is 0.379. The average Bonchev–Trinajstić information content (AvgIpc) is 3.78. The fourth-order valence-corrected chi connectivity index (χ4v) is 4.47. The molecule has 5 rings (SSSR count). The third kappa shape index (κ3) is 6.13. The molecular formula is C29H32FN5O2. The van der Waals surface area contributed by atoms with Gasteiger partial charge in [0.25, 0.3) is 0 Å². The van der Waals surface area contributed by atoms with E-state index < -0.39 is 11.8 Å². The van der Waals surface area contributed by atoms with Crippen molar-refractivity contribution in [2.45, 2.75) is 58.8 Å². The van der Waals surface area contributed by atoms with Crippen molar-refractivity contribution in [1.29, 1.82) is 0 Å². The summed E-state index contributed by atoms with van der Waals surface area (Å²) in [6, 6.07) is 10.4. The summed E-state index contributed by atoms with van der Waals surface area (Å²) in [6.45, 7) is 6.07. The molecular weight excluding hydrogens is 469 g/mol. The number of pyridine rings is 2. The van der Waals surface area contributed by atoms with Crippen LogP contribution in [-0.2, 0) is 4.79 Å². The van der Waals surface area contributed by atoms with Gasteiger partial charge in [-0.25, -0.2) is 14.2 Å². The van der Waals surface area contributed by atoms with Crippen molar-refractivity contribution in [2.75, 3.05) is 17.2 Å². The zero-order chi connectivity index (χ0) is 26.2. The van der Waals surface area contributed by atoms with Crippen molar-refractivity contribution in [1.82, 2.24) is 15.3 Å².